The Labute approximate surface area is 265 Å². The minimum atomic E-state index is -0.564. The van der Waals surface area contributed by atoms with Gasteiger partial charge in [0.15, 0.2) is 5.16 Å². The average Bonchev–Trinajstić information content (AvgIpc) is 3.68. The van der Waals surface area contributed by atoms with Crippen molar-refractivity contribution in [3.63, 3.8) is 0 Å². The molecule has 0 saturated carbocycles. The summed E-state index contributed by atoms with van der Waals surface area (Å²) in [5.74, 6) is 0.358. The van der Waals surface area contributed by atoms with Gasteiger partial charge in [-0.15, -0.1) is 0 Å². The number of nitrogens with one attached hydrogen (secondary N) is 2. The molecule has 2 aliphatic heterocycles. The molecular formula is C34H33FN8OS. The van der Waals surface area contributed by atoms with E-state index in [1.807, 2.05) is 24.3 Å². The highest BCUT2D eigenvalue weighted by Gasteiger charge is 2.25. The van der Waals surface area contributed by atoms with E-state index in [-0.39, 0.29) is 5.56 Å². The van der Waals surface area contributed by atoms with Crippen LogP contribution in [-0.4, -0.2) is 68.8 Å². The second-order valence-corrected chi connectivity index (χ2v) is 12.0. The van der Waals surface area contributed by atoms with Crippen molar-refractivity contribution in [1.82, 2.24) is 24.4 Å². The Kier molecular flexibility index (Phi) is 8.19. The number of likely N-dealkylation sites (N-methyl/N-ethyl adjacent to an activating group) is 1. The molecule has 0 atom stereocenters. The average molecular weight is 621 g/mol. The zero-order valence-corrected chi connectivity index (χ0v) is 25.7. The van der Waals surface area contributed by atoms with Gasteiger partial charge in [-0.25, -0.2) is 19.3 Å². The number of hydrogen-bond donors (Lipinski definition) is 2. The molecule has 0 unspecified atom stereocenters. The first-order valence-corrected chi connectivity index (χ1v) is 16.1. The normalized spacial score (nSPS) is 14.8. The predicted molar refractivity (Wildman–Crippen MR) is 178 cm³/mol. The Morgan fingerprint density at radius 3 is 2.53 bits per heavy atom. The van der Waals surface area contributed by atoms with Gasteiger partial charge in [-0.2, -0.15) is 0 Å². The van der Waals surface area contributed by atoms with E-state index in [0.29, 0.717) is 11.6 Å². The van der Waals surface area contributed by atoms with Crippen molar-refractivity contribution in [2.24, 2.45) is 0 Å². The summed E-state index contributed by atoms with van der Waals surface area (Å²) in [5.41, 5.74) is 5.89. The van der Waals surface area contributed by atoms with Crippen molar-refractivity contribution < 1.29 is 9.18 Å². The van der Waals surface area contributed by atoms with Gasteiger partial charge in [0.05, 0.1) is 22.6 Å². The molecule has 1 saturated heterocycles. The van der Waals surface area contributed by atoms with E-state index >= 15 is 0 Å². The van der Waals surface area contributed by atoms with Gasteiger partial charge in [-0.1, -0.05) is 43.0 Å². The van der Waals surface area contributed by atoms with E-state index in [9.17, 15) is 9.18 Å². The molecule has 45 heavy (non-hydrogen) atoms. The standard InChI is InChI=1S/C34H33FN8OS/c1-2-41-16-18-42(19-17-41)26-12-10-24(11-13-26)38-33-36-15-14-29(39-33)31-30(40-34-43(31)20-21-45-34)23-6-5-7-25(22-23)37-32(44)27-8-3-4-9-28(27)35/h3-15,22H,2,16-21H2,1H3,(H,37,44)(H,36,38,39). The molecule has 0 aliphatic carbocycles. The Hall–Kier alpha value is -4.74. The number of anilines is 4. The van der Waals surface area contributed by atoms with E-state index in [4.69, 9.17) is 9.97 Å². The zero-order valence-electron chi connectivity index (χ0n) is 24.9. The third kappa shape index (κ3) is 6.13. The highest BCUT2D eigenvalue weighted by Crippen LogP contribution is 2.39. The van der Waals surface area contributed by atoms with Crippen molar-refractivity contribution >= 4 is 40.7 Å². The lowest BCUT2D eigenvalue weighted by atomic mass is 10.1. The topological polar surface area (TPSA) is 91.2 Å². The van der Waals surface area contributed by atoms with Crippen molar-refractivity contribution in [3.8, 4) is 22.6 Å². The summed E-state index contributed by atoms with van der Waals surface area (Å²) in [6.45, 7) is 8.35. The van der Waals surface area contributed by atoms with Gasteiger partial charge in [-0.3, -0.25) is 4.79 Å². The maximum atomic E-state index is 14.2. The van der Waals surface area contributed by atoms with Crippen LogP contribution in [0.25, 0.3) is 22.6 Å². The minimum Gasteiger partial charge on any atom is -0.369 e. The van der Waals surface area contributed by atoms with Crippen LogP contribution in [0, 0.1) is 5.82 Å². The Morgan fingerprint density at radius 2 is 1.73 bits per heavy atom. The number of thioether (sulfide) groups is 1. The third-order valence-electron chi connectivity index (χ3n) is 8.20. The molecule has 2 aliphatic rings. The summed E-state index contributed by atoms with van der Waals surface area (Å²) in [7, 11) is 0. The predicted octanol–water partition coefficient (Wildman–Crippen LogP) is 6.39. The number of piperazine rings is 1. The number of amides is 1. The summed E-state index contributed by atoms with van der Waals surface area (Å²) >= 11 is 1.70. The SMILES string of the molecule is CCN1CCN(c2ccc(Nc3nccc(-c4c(-c5cccc(NC(=O)c6ccccc6F)c5)nc5n4CCS5)n3)cc2)CC1. The van der Waals surface area contributed by atoms with Crippen LogP contribution in [0.2, 0.25) is 0 Å². The van der Waals surface area contributed by atoms with Gasteiger partial charge in [0.1, 0.15) is 5.82 Å². The largest absolute Gasteiger partial charge is 0.369 e. The molecule has 228 valence electrons. The lowest BCUT2D eigenvalue weighted by Crippen LogP contribution is -2.46. The maximum absolute atomic E-state index is 14.2. The molecular weight excluding hydrogens is 587 g/mol. The number of aromatic nitrogens is 4. The van der Waals surface area contributed by atoms with Crippen LogP contribution < -0.4 is 15.5 Å². The monoisotopic (exact) mass is 620 g/mol. The number of carbonyl (C=O) groups excluding carboxylic acids is 1. The molecule has 7 rings (SSSR count). The van der Waals surface area contributed by atoms with Crippen LogP contribution in [0.15, 0.2) is 90.2 Å². The van der Waals surface area contributed by atoms with E-state index in [2.05, 4.69) is 61.2 Å². The van der Waals surface area contributed by atoms with E-state index in [1.165, 1.54) is 17.8 Å². The van der Waals surface area contributed by atoms with Crippen molar-refractivity contribution in [1.29, 1.82) is 0 Å². The number of fused-ring (bicyclic) bond motifs is 1. The van der Waals surface area contributed by atoms with Crippen molar-refractivity contribution in [2.75, 3.05) is 54.0 Å². The lowest BCUT2D eigenvalue weighted by Gasteiger charge is -2.35. The number of hydrogen-bond acceptors (Lipinski definition) is 8. The molecule has 2 N–H and O–H groups in total. The maximum Gasteiger partial charge on any atom is 0.258 e. The molecule has 3 aromatic carbocycles. The fraction of sp³-hybridized carbons (Fsp3) is 0.235. The summed E-state index contributed by atoms with van der Waals surface area (Å²) in [6.07, 6.45) is 1.75. The first-order chi connectivity index (χ1) is 22.1. The number of nitrogens with zero attached hydrogens (tertiary/aromatic N) is 6. The number of rotatable bonds is 8. The second-order valence-electron chi connectivity index (χ2n) is 11.0. The van der Waals surface area contributed by atoms with Crippen LogP contribution >= 0.6 is 11.8 Å². The zero-order chi connectivity index (χ0) is 30.8. The van der Waals surface area contributed by atoms with E-state index < -0.39 is 11.7 Å². The molecule has 0 spiro atoms. The Morgan fingerprint density at radius 1 is 0.911 bits per heavy atom. The van der Waals surface area contributed by atoms with Gasteiger partial charge < -0.3 is 25.0 Å². The molecule has 0 radical (unpaired) electrons. The molecule has 1 amide bonds. The van der Waals surface area contributed by atoms with Crippen LogP contribution in [0.1, 0.15) is 17.3 Å². The lowest BCUT2D eigenvalue weighted by molar-refractivity contribution is 0.102. The van der Waals surface area contributed by atoms with Crippen molar-refractivity contribution in [3.05, 3.63) is 96.4 Å². The highest BCUT2D eigenvalue weighted by atomic mass is 32.2. The first kappa shape index (κ1) is 29.0. The quantitative estimate of drug-likeness (QED) is 0.206. The molecule has 4 heterocycles. The van der Waals surface area contributed by atoms with Crippen LogP contribution in [0.4, 0.5) is 27.4 Å². The number of halogens is 1. The number of benzene rings is 3. The van der Waals surface area contributed by atoms with Crippen LogP contribution in [-0.2, 0) is 6.54 Å². The molecule has 11 heteroatoms. The molecule has 9 nitrogen and oxygen atoms in total. The minimum absolute atomic E-state index is 0.00794. The van der Waals surface area contributed by atoms with Crippen LogP contribution in [0.3, 0.4) is 0 Å². The van der Waals surface area contributed by atoms with Crippen LogP contribution in [0.5, 0.6) is 0 Å². The molecule has 5 aromatic rings. The smallest absolute Gasteiger partial charge is 0.258 e. The second kappa shape index (κ2) is 12.7. The fourth-order valence-electron chi connectivity index (χ4n) is 5.78. The highest BCUT2D eigenvalue weighted by molar-refractivity contribution is 7.99. The Balaban J connectivity index is 1.13. The third-order valence-corrected chi connectivity index (χ3v) is 9.15. The molecule has 1 fully saturated rings. The Bertz CT molecular complexity index is 1830. The van der Waals surface area contributed by atoms with E-state index in [0.717, 1.165) is 78.5 Å². The molecule has 0 bridgehead atoms. The van der Waals surface area contributed by atoms with Gasteiger partial charge in [0.2, 0.25) is 5.95 Å². The fourth-order valence-corrected chi connectivity index (χ4v) is 6.74. The molecule has 2 aromatic heterocycles. The van der Waals surface area contributed by atoms with Gasteiger partial charge >= 0.3 is 0 Å². The number of carbonyl (C=O) groups is 1. The van der Waals surface area contributed by atoms with Gasteiger partial charge in [-0.05, 0) is 61.1 Å². The summed E-state index contributed by atoms with van der Waals surface area (Å²) in [5, 5.41) is 7.11. The van der Waals surface area contributed by atoms with Crippen molar-refractivity contribution in [2.45, 2.75) is 18.6 Å². The van der Waals surface area contributed by atoms with Gasteiger partial charge in [0, 0.05) is 67.3 Å². The summed E-state index contributed by atoms with van der Waals surface area (Å²) in [6, 6.07) is 23.7. The first-order valence-electron chi connectivity index (χ1n) is 15.1. The summed E-state index contributed by atoms with van der Waals surface area (Å²) < 4.78 is 16.4. The number of imidazole rings is 1. The van der Waals surface area contributed by atoms with E-state index in [1.54, 1.807) is 36.2 Å². The van der Waals surface area contributed by atoms with Gasteiger partial charge in [0.25, 0.3) is 5.91 Å². The summed E-state index contributed by atoms with van der Waals surface area (Å²) in [4.78, 5) is 32.1.